The molecule has 0 aromatic carbocycles. The summed E-state index contributed by atoms with van der Waals surface area (Å²) in [6.07, 6.45) is 12.2. The fraction of sp³-hybridized carbons (Fsp3) is 0.842. The maximum atomic E-state index is 12.6. The van der Waals surface area contributed by atoms with Crippen LogP contribution >= 0.6 is 12.4 Å². The molecule has 4 aliphatic carbocycles. The van der Waals surface area contributed by atoms with Crippen LogP contribution in [0.25, 0.3) is 0 Å². The van der Waals surface area contributed by atoms with Gasteiger partial charge in [-0.3, -0.25) is 4.79 Å². The molecule has 1 aromatic rings. The lowest BCUT2D eigenvalue weighted by molar-refractivity contribution is -0.0503. The summed E-state index contributed by atoms with van der Waals surface area (Å²) in [6, 6.07) is 0.374. The van der Waals surface area contributed by atoms with Gasteiger partial charge in [0.25, 0.3) is 5.91 Å². The molecule has 1 amide bonds. The number of carbonyl (C=O) groups excluding carboxylic acids is 1. The fourth-order valence-electron chi connectivity index (χ4n) is 6.50. The summed E-state index contributed by atoms with van der Waals surface area (Å²) in [4.78, 5) is 12.6. The summed E-state index contributed by atoms with van der Waals surface area (Å²) >= 11 is 0. The van der Waals surface area contributed by atoms with E-state index in [4.69, 9.17) is 0 Å². The van der Waals surface area contributed by atoms with Crippen LogP contribution in [0.4, 0.5) is 0 Å². The number of aromatic nitrogens is 3. The highest BCUT2D eigenvalue weighted by atomic mass is 35.5. The standard InChI is InChI=1S/C19H29N5O.ClH/c25-18(17-11-24(23-22-17)16-1-3-20-4-2-16)21-12-19-8-13-5-14(9-19)7-15(6-13)10-19;/h11,13-16,20H,1-10,12H2,(H,21,25);1H. The zero-order valence-corrected chi connectivity index (χ0v) is 16.1. The van der Waals surface area contributed by atoms with Gasteiger partial charge in [-0.05, 0) is 87.6 Å². The summed E-state index contributed by atoms with van der Waals surface area (Å²) in [5.41, 5.74) is 0.846. The Kier molecular flexibility index (Phi) is 4.99. The number of piperidine rings is 1. The molecule has 0 atom stereocenters. The van der Waals surface area contributed by atoms with Crippen molar-refractivity contribution in [1.29, 1.82) is 0 Å². The molecule has 0 spiro atoms. The molecule has 4 saturated carbocycles. The van der Waals surface area contributed by atoms with Gasteiger partial charge in [0.05, 0.1) is 12.2 Å². The normalized spacial score (nSPS) is 35.9. The highest BCUT2D eigenvalue weighted by Crippen LogP contribution is 2.59. The number of amides is 1. The molecule has 1 aliphatic heterocycles. The Bertz CT molecular complexity index is 619. The second kappa shape index (κ2) is 7.12. The van der Waals surface area contributed by atoms with Crippen molar-refractivity contribution in [3.8, 4) is 0 Å². The Morgan fingerprint density at radius 2 is 1.77 bits per heavy atom. The van der Waals surface area contributed by atoms with Crippen molar-refractivity contribution in [1.82, 2.24) is 25.6 Å². The molecule has 1 aromatic heterocycles. The van der Waals surface area contributed by atoms with Crippen LogP contribution in [0.1, 0.15) is 67.9 Å². The number of carbonyl (C=O) groups is 1. The Morgan fingerprint density at radius 3 is 2.38 bits per heavy atom. The topological polar surface area (TPSA) is 71.8 Å². The number of halogens is 1. The van der Waals surface area contributed by atoms with Gasteiger partial charge in [-0.25, -0.2) is 4.68 Å². The Morgan fingerprint density at radius 1 is 1.15 bits per heavy atom. The summed E-state index contributed by atoms with van der Waals surface area (Å²) in [6.45, 7) is 2.85. The van der Waals surface area contributed by atoms with Crippen LogP contribution in [0.5, 0.6) is 0 Å². The third-order valence-corrected chi connectivity index (χ3v) is 7.21. The van der Waals surface area contributed by atoms with Crippen LogP contribution in [0.2, 0.25) is 0 Å². The number of nitrogens with zero attached hydrogens (tertiary/aromatic N) is 3. The second-order valence-electron chi connectivity index (χ2n) is 9.17. The van der Waals surface area contributed by atoms with E-state index in [2.05, 4.69) is 20.9 Å². The van der Waals surface area contributed by atoms with E-state index in [1.165, 1.54) is 38.5 Å². The third-order valence-electron chi connectivity index (χ3n) is 7.21. The van der Waals surface area contributed by atoms with Crippen LogP contribution in [-0.4, -0.2) is 40.5 Å². The minimum absolute atomic E-state index is 0. The summed E-state index contributed by atoms with van der Waals surface area (Å²) in [5.74, 6) is 2.72. The quantitative estimate of drug-likeness (QED) is 0.843. The highest BCUT2D eigenvalue weighted by Gasteiger charge is 2.50. The molecule has 144 valence electrons. The maximum absolute atomic E-state index is 12.6. The Balaban J connectivity index is 0.00000168. The molecule has 2 heterocycles. The first-order valence-electron chi connectivity index (χ1n) is 10.1. The lowest BCUT2D eigenvalue weighted by atomic mass is 9.49. The van der Waals surface area contributed by atoms with Gasteiger partial charge in [0, 0.05) is 6.54 Å². The molecule has 5 aliphatic rings. The zero-order chi connectivity index (χ0) is 16.9. The van der Waals surface area contributed by atoms with Crippen LogP contribution < -0.4 is 10.6 Å². The van der Waals surface area contributed by atoms with E-state index >= 15 is 0 Å². The molecule has 4 bridgehead atoms. The van der Waals surface area contributed by atoms with E-state index in [0.717, 1.165) is 50.2 Å². The highest BCUT2D eigenvalue weighted by molar-refractivity contribution is 5.91. The summed E-state index contributed by atoms with van der Waals surface area (Å²) in [5, 5.41) is 14.9. The molecule has 1 saturated heterocycles. The number of rotatable bonds is 4. The van der Waals surface area contributed by atoms with Gasteiger partial charge in [-0.2, -0.15) is 0 Å². The van der Waals surface area contributed by atoms with E-state index in [-0.39, 0.29) is 18.3 Å². The Labute approximate surface area is 161 Å². The van der Waals surface area contributed by atoms with Crippen LogP contribution in [0.15, 0.2) is 6.20 Å². The minimum atomic E-state index is -0.0454. The summed E-state index contributed by atoms with van der Waals surface area (Å²) in [7, 11) is 0. The first kappa shape index (κ1) is 18.2. The molecule has 7 heteroatoms. The van der Waals surface area contributed by atoms with Crippen molar-refractivity contribution >= 4 is 18.3 Å². The molecular weight excluding hydrogens is 350 g/mol. The van der Waals surface area contributed by atoms with E-state index in [9.17, 15) is 4.79 Å². The average Bonchev–Trinajstić information content (AvgIpc) is 3.10. The van der Waals surface area contributed by atoms with Crippen LogP contribution in [0, 0.1) is 23.2 Å². The lowest BCUT2D eigenvalue weighted by Crippen LogP contribution is -2.51. The predicted molar refractivity (Wildman–Crippen MR) is 101 cm³/mol. The SMILES string of the molecule is Cl.O=C(NCC12CC3CC(CC(C3)C1)C2)c1cn(C2CCNCC2)nn1. The maximum Gasteiger partial charge on any atom is 0.273 e. The number of hydrogen-bond acceptors (Lipinski definition) is 4. The Hall–Kier alpha value is -1.14. The molecule has 6 rings (SSSR count). The second-order valence-corrected chi connectivity index (χ2v) is 9.17. The minimum Gasteiger partial charge on any atom is -0.350 e. The third kappa shape index (κ3) is 3.38. The van der Waals surface area contributed by atoms with Gasteiger partial charge in [0.1, 0.15) is 0 Å². The first-order chi connectivity index (χ1) is 12.2. The molecule has 2 N–H and O–H groups in total. The van der Waals surface area contributed by atoms with Gasteiger partial charge in [0.15, 0.2) is 5.69 Å². The van der Waals surface area contributed by atoms with E-state index < -0.39 is 0 Å². The van der Waals surface area contributed by atoms with E-state index in [0.29, 0.717) is 17.2 Å². The molecule has 0 radical (unpaired) electrons. The molecular formula is C19H30ClN5O. The van der Waals surface area contributed by atoms with Crippen molar-refractivity contribution in [3.05, 3.63) is 11.9 Å². The van der Waals surface area contributed by atoms with Gasteiger partial charge in [-0.15, -0.1) is 17.5 Å². The largest absolute Gasteiger partial charge is 0.350 e. The van der Waals surface area contributed by atoms with Crippen molar-refractivity contribution < 1.29 is 4.79 Å². The van der Waals surface area contributed by atoms with Crippen molar-refractivity contribution in [3.63, 3.8) is 0 Å². The van der Waals surface area contributed by atoms with Gasteiger partial charge < -0.3 is 10.6 Å². The van der Waals surface area contributed by atoms with Gasteiger partial charge in [-0.1, -0.05) is 5.21 Å². The molecule has 26 heavy (non-hydrogen) atoms. The predicted octanol–water partition coefficient (Wildman–Crippen LogP) is 2.57. The zero-order valence-electron chi connectivity index (χ0n) is 15.3. The fourth-order valence-corrected chi connectivity index (χ4v) is 6.50. The monoisotopic (exact) mass is 379 g/mol. The van der Waals surface area contributed by atoms with Gasteiger partial charge in [0.2, 0.25) is 0 Å². The summed E-state index contributed by atoms with van der Waals surface area (Å²) < 4.78 is 1.89. The van der Waals surface area contributed by atoms with Crippen molar-refractivity contribution in [2.45, 2.75) is 57.4 Å². The number of hydrogen-bond donors (Lipinski definition) is 2. The average molecular weight is 380 g/mol. The first-order valence-corrected chi connectivity index (χ1v) is 10.1. The van der Waals surface area contributed by atoms with E-state index in [1.54, 1.807) is 0 Å². The lowest BCUT2D eigenvalue weighted by Gasteiger charge is -2.56. The van der Waals surface area contributed by atoms with Crippen LogP contribution in [-0.2, 0) is 0 Å². The molecule has 6 nitrogen and oxygen atoms in total. The van der Waals surface area contributed by atoms with Crippen molar-refractivity contribution in [2.75, 3.05) is 19.6 Å². The van der Waals surface area contributed by atoms with Gasteiger partial charge >= 0.3 is 0 Å². The van der Waals surface area contributed by atoms with E-state index in [1.807, 2.05) is 10.9 Å². The number of nitrogens with one attached hydrogen (secondary N) is 2. The van der Waals surface area contributed by atoms with Crippen molar-refractivity contribution in [2.24, 2.45) is 23.2 Å². The smallest absolute Gasteiger partial charge is 0.273 e. The molecule has 0 unspecified atom stereocenters. The van der Waals surface area contributed by atoms with Crippen LogP contribution in [0.3, 0.4) is 0 Å². The molecule has 5 fully saturated rings.